The van der Waals surface area contributed by atoms with E-state index in [1.165, 1.54) is 0 Å². The van der Waals surface area contributed by atoms with E-state index >= 15 is 0 Å². The maximum atomic E-state index is 13.9. The van der Waals surface area contributed by atoms with Crippen LogP contribution in [-0.2, 0) is 50.0 Å². The van der Waals surface area contributed by atoms with Crippen molar-refractivity contribution in [3.05, 3.63) is 144 Å². The number of aliphatic hydroxyl groups is 1. The molecule has 0 aliphatic heterocycles. The van der Waals surface area contributed by atoms with Gasteiger partial charge in [0.15, 0.2) is 11.9 Å². The highest BCUT2D eigenvalue weighted by Gasteiger charge is 2.43. The second-order valence-corrected chi connectivity index (χ2v) is 9.65. The van der Waals surface area contributed by atoms with Gasteiger partial charge in [0, 0.05) is 6.42 Å². The van der Waals surface area contributed by atoms with Crippen molar-refractivity contribution in [1.29, 1.82) is 0 Å². The van der Waals surface area contributed by atoms with E-state index in [1.54, 1.807) is 0 Å². The number of rotatable bonds is 16. The number of carboxylic acids is 1. The average molecular weight is 555 g/mol. The first kappa shape index (κ1) is 29.8. The molecule has 0 saturated carbocycles. The van der Waals surface area contributed by atoms with Crippen molar-refractivity contribution in [2.45, 2.75) is 50.7 Å². The zero-order chi connectivity index (χ0) is 28.9. The Balaban J connectivity index is 1.69. The minimum absolute atomic E-state index is 0.000670. The van der Waals surface area contributed by atoms with Crippen LogP contribution >= 0.6 is 0 Å². The molecule has 7 nitrogen and oxygen atoms in total. The molecule has 0 amide bonds. The molecule has 41 heavy (non-hydrogen) atoms. The van der Waals surface area contributed by atoms with Crippen LogP contribution in [0.25, 0.3) is 0 Å². The monoisotopic (exact) mass is 554 g/mol. The van der Waals surface area contributed by atoms with Crippen LogP contribution in [0.15, 0.2) is 121 Å². The first-order valence-electron chi connectivity index (χ1n) is 13.5. The summed E-state index contributed by atoms with van der Waals surface area (Å²) in [4.78, 5) is 26.0. The van der Waals surface area contributed by atoms with Gasteiger partial charge in [0.25, 0.3) is 0 Å². The van der Waals surface area contributed by atoms with Gasteiger partial charge in [-0.25, -0.2) is 4.79 Å². The topological polar surface area (TPSA) is 102 Å². The van der Waals surface area contributed by atoms with Crippen LogP contribution in [0.3, 0.4) is 0 Å². The molecular formula is C34H34O7. The van der Waals surface area contributed by atoms with Gasteiger partial charge in [0.05, 0.1) is 19.8 Å². The van der Waals surface area contributed by atoms with Crippen LogP contribution < -0.4 is 0 Å². The fourth-order valence-electron chi connectivity index (χ4n) is 4.42. The summed E-state index contributed by atoms with van der Waals surface area (Å²) < 4.78 is 18.5. The van der Waals surface area contributed by atoms with Crippen molar-refractivity contribution in [2.24, 2.45) is 0 Å². The molecule has 0 radical (unpaired) electrons. The average Bonchev–Trinajstić information content (AvgIpc) is 3.01. The van der Waals surface area contributed by atoms with Gasteiger partial charge in [0.1, 0.15) is 18.3 Å². The van der Waals surface area contributed by atoms with Crippen LogP contribution in [0.5, 0.6) is 0 Å². The van der Waals surface area contributed by atoms with Crippen molar-refractivity contribution in [1.82, 2.24) is 0 Å². The van der Waals surface area contributed by atoms with E-state index < -0.39 is 30.4 Å². The molecule has 0 saturated heterocycles. The molecule has 4 rings (SSSR count). The summed E-state index contributed by atoms with van der Waals surface area (Å²) in [5, 5.41) is 20.7. The van der Waals surface area contributed by atoms with Crippen molar-refractivity contribution in [2.75, 3.05) is 0 Å². The molecule has 0 fully saturated rings. The maximum Gasteiger partial charge on any atom is 0.335 e. The van der Waals surface area contributed by atoms with Crippen molar-refractivity contribution in [3.8, 4) is 0 Å². The minimum atomic E-state index is -1.98. The highest BCUT2D eigenvalue weighted by Crippen LogP contribution is 2.23. The lowest BCUT2D eigenvalue weighted by Gasteiger charge is -2.34. The Kier molecular flexibility index (Phi) is 11.3. The van der Waals surface area contributed by atoms with E-state index in [1.807, 2.05) is 121 Å². The molecule has 0 bridgehead atoms. The van der Waals surface area contributed by atoms with Crippen molar-refractivity contribution >= 4 is 11.8 Å². The molecule has 0 aliphatic carbocycles. The Morgan fingerprint density at radius 3 is 1.32 bits per heavy atom. The predicted molar refractivity (Wildman–Crippen MR) is 154 cm³/mol. The van der Waals surface area contributed by atoms with Crippen LogP contribution in [0, 0.1) is 0 Å². The van der Waals surface area contributed by atoms with E-state index in [9.17, 15) is 19.8 Å². The minimum Gasteiger partial charge on any atom is -0.479 e. The first-order chi connectivity index (χ1) is 20.0. The van der Waals surface area contributed by atoms with Crippen LogP contribution in [-0.4, -0.2) is 46.4 Å². The van der Waals surface area contributed by atoms with Gasteiger partial charge in [-0.15, -0.1) is 0 Å². The van der Waals surface area contributed by atoms with Crippen LogP contribution in [0.2, 0.25) is 0 Å². The number of hydrogen-bond donors (Lipinski definition) is 2. The van der Waals surface area contributed by atoms with E-state index in [0.717, 1.165) is 22.3 Å². The van der Waals surface area contributed by atoms with Gasteiger partial charge in [0.2, 0.25) is 0 Å². The second kappa shape index (κ2) is 15.6. The quantitative estimate of drug-likeness (QED) is 0.201. The summed E-state index contributed by atoms with van der Waals surface area (Å²) in [6.07, 6.45) is -5.86. The zero-order valence-corrected chi connectivity index (χ0v) is 22.6. The van der Waals surface area contributed by atoms with E-state index in [4.69, 9.17) is 14.2 Å². The number of aliphatic hydroxyl groups excluding tert-OH is 1. The fourth-order valence-corrected chi connectivity index (χ4v) is 4.42. The molecule has 0 unspecified atom stereocenters. The molecule has 0 aromatic heterocycles. The van der Waals surface area contributed by atoms with Crippen LogP contribution in [0.1, 0.15) is 22.3 Å². The summed E-state index contributed by atoms with van der Waals surface area (Å²) in [6, 6.07) is 37.0. The smallest absolute Gasteiger partial charge is 0.335 e. The van der Waals surface area contributed by atoms with Gasteiger partial charge in [-0.3, -0.25) is 4.79 Å². The number of ether oxygens (including phenoxy) is 3. The van der Waals surface area contributed by atoms with Gasteiger partial charge in [-0.1, -0.05) is 121 Å². The number of Topliss-reactive ketones (excluding diaryl/α,β-unsaturated/α-hetero) is 1. The van der Waals surface area contributed by atoms with Crippen LogP contribution in [0.4, 0.5) is 0 Å². The normalized spacial score (nSPS) is 14.1. The lowest BCUT2D eigenvalue weighted by atomic mass is 9.95. The summed E-state index contributed by atoms with van der Waals surface area (Å²) in [6.45, 7) is 0.123. The Bertz CT molecular complexity index is 1330. The van der Waals surface area contributed by atoms with Gasteiger partial charge < -0.3 is 24.4 Å². The molecule has 4 aromatic carbocycles. The number of ketones is 1. The summed E-state index contributed by atoms with van der Waals surface area (Å²) in [7, 11) is 0. The third-order valence-electron chi connectivity index (χ3n) is 6.57. The molecule has 4 atom stereocenters. The Morgan fingerprint density at radius 2 is 0.902 bits per heavy atom. The molecule has 0 spiro atoms. The number of carbonyl (C=O) groups excluding carboxylic acids is 1. The zero-order valence-electron chi connectivity index (χ0n) is 22.6. The van der Waals surface area contributed by atoms with E-state index in [2.05, 4.69) is 0 Å². The highest BCUT2D eigenvalue weighted by atomic mass is 16.6. The van der Waals surface area contributed by atoms with Gasteiger partial charge in [-0.2, -0.15) is 0 Å². The SMILES string of the molecule is O=C(O)[C@@H](O)[C@@H](OCc1ccccc1)[C@H](OCc1ccccc1)[C@@H](OCc1ccccc1)C(=O)Cc1ccccc1. The molecule has 2 N–H and O–H groups in total. The number of benzene rings is 4. The summed E-state index contributed by atoms with van der Waals surface area (Å²) >= 11 is 0. The van der Waals surface area contributed by atoms with Gasteiger partial charge >= 0.3 is 5.97 Å². The lowest BCUT2D eigenvalue weighted by molar-refractivity contribution is -0.193. The Hall–Kier alpha value is -4.14. The number of carboxylic acid groups (broad SMARTS) is 1. The maximum absolute atomic E-state index is 13.9. The molecule has 4 aromatic rings. The van der Waals surface area contributed by atoms with Crippen molar-refractivity contribution in [3.63, 3.8) is 0 Å². The predicted octanol–water partition coefficient (Wildman–Crippen LogP) is 5.00. The Labute approximate surface area is 240 Å². The van der Waals surface area contributed by atoms with E-state index in [-0.39, 0.29) is 32.0 Å². The second-order valence-electron chi connectivity index (χ2n) is 9.65. The number of carbonyl (C=O) groups is 2. The van der Waals surface area contributed by atoms with Gasteiger partial charge in [-0.05, 0) is 22.3 Å². The third kappa shape index (κ3) is 9.20. The number of hydrogen-bond acceptors (Lipinski definition) is 6. The molecule has 0 aliphatic rings. The third-order valence-corrected chi connectivity index (χ3v) is 6.57. The lowest BCUT2D eigenvalue weighted by Crippen LogP contribution is -2.53. The molecule has 0 heterocycles. The largest absolute Gasteiger partial charge is 0.479 e. The van der Waals surface area contributed by atoms with E-state index in [0.29, 0.717) is 0 Å². The number of aliphatic carboxylic acids is 1. The van der Waals surface area contributed by atoms with Crippen molar-refractivity contribution < 1.29 is 34.0 Å². The standard InChI is InChI=1S/C34H34O7/c35-29(21-25-13-5-1-6-14-25)31(39-22-26-15-7-2-8-16-26)33(41-24-28-19-11-4-12-20-28)32(30(36)34(37)38)40-23-27-17-9-3-10-18-27/h1-20,30-33,36H,21-24H2,(H,37,38)/t30-,31-,32+,33+/m0/s1. The summed E-state index contributed by atoms with van der Waals surface area (Å²) in [5.74, 6) is -1.82. The molecule has 7 heteroatoms. The molecule has 212 valence electrons. The highest BCUT2D eigenvalue weighted by molar-refractivity contribution is 5.86. The first-order valence-corrected chi connectivity index (χ1v) is 13.5. The molecular weight excluding hydrogens is 520 g/mol. The summed E-state index contributed by atoms with van der Waals surface area (Å²) in [5.41, 5.74) is 3.18. The fraction of sp³-hybridized carbons (Fsp3) is 0.235. The Morgan fingerprint density at radius 1 is 0.537 bits per heavy atom.